The van der Waals surface area contributed by atoms with Crippen molar-refractivity contribution in [2.24, 2.45) is 10.1 Å². The molecule has 2 aliphatic heterocycles. The fourth-order valence-electron chi connectivity index (χ4n) is 3.30. The number of aromatic nitrogens is 2. The lowest BCUT2D eigenvalue weighted by Crippen LogP contribution is -2.48. The first-order chi connectivity index (χ1) is 15.3. The second kappa shape index (κ2) is 11.5. The SMILES string of the molecule is C/C=N\N1C=CC(N2CC(C)OC(C)C2)=N/C1=C(/C)C(=O)Nc1cn[nH]c1C(F)F.CC. The van der Waals surface area contributed by atoms with E-state index in [-0.39, 0.29) is 23.5 Å². The summed E-state index contributed by atoms with van der Waals surface area (Å²) in [5.41, 5.74) is -0.307. The maximum Gasteiger partial charge on any atom is 0.281 e. The second-order valence-electron chi connectivity index (χ2n) is 7.07. The number of morpholine rings is 1. The lowest BCUT2D eigenvalue weighted by molar-refractivity contribution is -0.112. The van der Waals surface area contributed by atoms with Crippen molar-refractivity contribution in [3.05, 3.63) is 35.6 Å². The minimum absolute atomic E-state index is 0.0437. The highest BCUT2D eigenvalue weighted by atomic mass is 19.3. The second-order valence-corrected chi connectivity index (χ2v) is 7.07. The summed E-state index contributed by atoms with van der Waals surface area (Å²) < 4.78 is 31.8. The molecule has 2 unspecified atom stereocenters. The van der Waals surface area contributed by atoms with Crippen LogP contribution in [0.5, 0.6) is 0 Å². The number of amidine groups is 1. The van der Waals surface area contributed by atoms with E-state index >= 15 is 0 Å². The van der Waals surface area contributed by atoms with E-state index in [4.69, 9.17) is 4.74 Å². The molecule has 0 aliphatic carbocycles. The number of aromatic amines is 1. The number of ether oxygens (including phenoxy) is 1. The Balaban J connectivity index is 0.00000176. The molecule has 9 nitrogen and oxygen atoms in total. The van der Waals surface area contributed by atoms with Gasteiger partial charge in [0.15, 0.2) is 5.82 Å². The fourth-order valence-corrected chi connectivity index (χ4v) is 3.30. The number of hydrogen-bond acceptors (Lipinski definition) is 7. The Bertz CT molecular complexity index is 898. The molecule has 11 heteroatoms. The van der Waals surface area contributed by atoms with Gasteiger partial charge < -0.3 is 15.0 Å². The molecule has 0 saturated carbocycles. The number of amides is 1. The summed E-state index contributed by atoms with van der Waals surface area (Å²) in [6, 6.07) is 0. The normalized spacial score (nSPS) is 22.6. The number of carbonyl (C=O) groups is 1. The van der Waals surface area contributed by atoms with E-state index in [1.54, 1.807) is 26.3 Å². The average Bonchev–Trinajstić information content (AvgIpc) is 3.23. The Labute approximate surface area is 186 Å². The van der Waals surface area contributed by atoms with E-state index in [1.165, 1.54) is 5.01 Å². The van der Waals surface area contributed by atoms with Crippen LogP contribution in [0.25, 0.3) is 0 Å². The molecule has 0 aromatic carbocycles. The van der Waals surface area contributed by atoms with Gasteiger partial charge in [-0.3, -0.25) is 9.89 Å². The van der Waals surface area contributed by atoms with Crippen molar-refractivity contribution >= 4 is 23.6 Å². The molecular weight excluding hydrogens is 420 g/mol. The number of nitrogens with zero attached hydrogens (tertiary/aromatic N) is 5. The number of H-pyrrole nitrogens is 1. The van der Waals surface area contributed by atoms with Crippen molar-refractivity contribution in [1.82, 2.24) is 20.1 Å². The number of anilines is 1. The average molecular weight is 452 g/mol. The van der Waals surface area contributed by atoms with Gasteiger partial charge in [-0.1, -0.05) is 13.8 Å². The van der Waals surface area contributed by atoms with Crippen LogP contribution in [-0.2, 0) is 9.53 Å². The van der Waals surface area contributed by atoms with Gasteiger partial charge in [0, 0.05) is 25.5 Å². The van der Waals surface area contributed by atoms with E-state index in [9.17, 15) is 13.6 Å². The number of hydrazone groups is 1. The van der Waals surface area contributed by atoms with Crippen LogP contribution in [0.3, 0.4) is 0 Å². The molecular formula is C21H31F2N7O2. The molecule has 1 saturated heterocycles. The molecule has 3 heterocycles. The first kappa shape index (κ1) is 25.2. The van der Waals surface area contributed by atoms with E-state index in [0.717, 1.165) is 6.20 Å². The van der Waals surface area contributed by atoms with Gasteiger partial charge in [-0.05, 0) is 33.8 Å². The van der Waals surface area contributed by atoms with Gasteiger partial charge in [-0.25, -0.2) is 18.8 Å². The number of rotatable bonds is 4. The van der Waals surface area contributed by atoms with Gasteiger partial charge in [0.2, 0.25) is 0 Å². The lowest BCUT2D eigenvalue weighted by atomic mass is 10.2. The largest absolute Gasteiger partial charge is 0.372 e. The number of halogens is 2. The van der Waals surface area contributed by atoms with E-state index in [0.29, 0.717) is 24.7 Å². The Morgan fingerprint density at radius 2 is 2.00 bits per heavy atom. The molecule has 1 fully saturated rings. The minimum atomic E-state index is -2.79. The van der Waals surface area contributed by atoms with Crippen LogP contribution in [0.2, 0.25) is 0 Å². The predicted octanol–water partition coefficient (Wildman–Crippen LogP) is 3.89. The summed E-state index contributed by atoms with van der Waals surface area (Å²) in [5, 5.41) is 13.9. The molecule has 0 bridgehead atoms. The summed E-state index contributed by atoms with van der Waals surface area (Å²) >= 11 is 0. The van der Waals surface area contributed by atoms with Gasteiger partial charge >= 0.3 is 0 Å². The molecule has 0 radical (unpaired) electrons. The third-order valence-corrected chi connectivity index (χ3v) is 4.60. The number of aliphatic imine (C=N–C) groups is 1. The summed E-state index contributed by atoms with van der Waals surface area (Å²) in [7, 11) is 0. The van der Waals surface area contributed by atoms with Crippen molar-refractivity contribution in [2.45, 2.75) is 60.2 Å². The monoisotopic (exact) mass is 451 g/mol. The van der Waals surface area contributed by atoms with Crippen molar-refractivity contribution in [3.63, 3.8) is 0 Å². The van der Waals surface area contributed by atoms with Crippen LogP contribution in [0, 0.1) is 0 Å². The lowest BCUT2D eigenvalue weighted by Gasteiger charge is -2.37. The molecule has 2 atom stereocenters. The van der Waals surface area contributed by atoms with E-state index < -0.39 is 18.0 Å². The zero-order chi connectivity index (χ0) is 23.8. The Morgan fingerprint density at radius 3 is 2.59 bits per heavy atom. The molecule has 1 aromatic rings. The van der Waals surface area contributed by atoms with Gasteiger partial charge in [-0.2, -0.15) is 10.2 Å². The molecule has 1 aromatic heterocycles. The highest BCUT2D eigenvalue weighted by Gasteiger charge is 2.27. The quantitative estimate of drug-likeness (QED) is 0.535. The zero-order valence-electron chi connectivity index (χ0n) is 19.3. The molecule has 3 rings (SSSR count). The van der Waals surface area contributed by atoms with Crippen LogP contribution in [0.15, 0.2) is 40.0 Å². The summed E-state index contributed by atoms with van der Waals surface area (Å²) in [6.45, 7) is 12.6. The summed E-state index contributed by atoms with van der Waals surface area (Å²) in [6.07, 6.45) is 3.54. The molecule has 176 valence electrons. The minimum Gasteiger partial charge on any atom is -0.372 e. The number of nitrogens with one attached hydrogen (secondary N) is 2. The Kier molecular flexibility index (Phi) is 9.06. The summed E-state index contributed by atoms with van der Waals surface area (Å²) in [5.74, 6) is 0.405. The first-order valence-corrected chi connectivity index (χ1v) is 10.6. The van der Waals surface area contributed by atoms with Crippen LogP contribution in [0.4, 0.5) is 14.5 Å². The fraction of sp³-hybridized carbons (Fsp3) is 0.524. The topological polar surface area (TPSA) is 98.2 Å². The van der Waals surface area contributed by atoms with Gasteiger partial charge in [0.25, 0.3) is 12.3 Å². The van der Waals surface area contributed by atoms with Crippen LogP contribution in [0.1, 0.15) is 53.7 Å². The van der Waals surface area contributed by atoms with Gasteiger partial charge in [0.05, 0.1) is 29.7 Å². The summed E-state index contributed by atoms with van der Waals surface area (Å²) in [4.78, 5) is 19.5. The first-order valence-electron chi connectivity index (χ1n) is 10.6. The van der Waals surface area contributed by atoms with Crippen LogP contribution in [-0.4, -0.2) is 63.4 Å². The van der Waals surface area contributed by atoms with E-state index in [2.05, 4.69) is 30.5 Å². The molecule has 2 aliphatic rings. The van der Waals surface area contributed by atoms with Gasteiger partial charge in [0.1, 0.15) is 11.5 Å². The highest BCUT2D eigenvalue weighted by Crippen LogP contribution is 2.26. The van der Waals surface area contributed by atoms with Gasteiger partial charge in [-0.15, -0.1) is 0 Å². The number of hydrogen-bond donors (Lipinski definition) is 2. The predicted molar refractivity (Wildman–Crippen MR) is 120 cm³/mol. The molecule has 2 N–H and O–H groups in total. The highest BCUT2D eigenvalue weighted by molar-refractivity contribution is 6.05. The smallest absolute Gasteiger partial charge is 0.281 e. The Morgan fingerprint density at radius 1 is 1.34 bits per heavy atom. The number of alkyl halides is 2. The zero-order valence-corrected chi connectivity index (χ0v) is 19.3. The molecule has 1 amide bonds. The van der Waals surface area contributed by atoms with Crippen molar-refractivity contribution < 1.29 is 18.3 Å². The maximum absolute atomic E-state index is 13.0. The van der Waals surface area contributed by atoms with Crippen LogP contribution >= 0.6 is 0 Å². The van der Waals surface area contributed by atoms with Crippen molar-refractivity contribution in [2.75, 3.05) is 18.4 Å². The van der Waals surface area contributed by atoms with Crippen LogP contribution < -0.4 is 5.32 Å². The molecule has 0 spiro atoms. The van der Waals surface area contributed by atoms with Crippen molar-refractivity contribution in [1.29, 1.82) is 0 Å². The van der Waals surface area contributed by atoms with Crippen molar-refractivity contribution in [3.8, 4) is 0 Å². The Hall–Kier alpha value is -3.08. The standard InChI is InChI=1S/C19H25F2N7O2.C2H6/c1-5-23-28-7-6-15(27-9-11(2)30-12(3)10-27)25-18(28)13(4)19(29)24-14-8-22-26-16(14)17(20)21;1-2/h5-8,11-12,17H,9-10H2,1-4H3,(H,22,26)(H,24,29);1-2H3/b18-13+,23-5-;. The molecule has 32 heavy (non-hydrogen) atoms. The maximum atomic E-state index is 13.0. The third kappa shape index (κ3) is 6.00. The van der Waals surface area contributed by atoms with E-state index in [1.807, 2.05) is 33.8 Å². The number of carbonyl (C=O) groups excluding carboxylic acids is 1. The third-order valence-electron chi connectivity index (χ3n) is 4.60.